The van der Waals surface area contributed by atoms with Gasteiger partial charge in [0.15, 0.2) is 0 Å². The Kier molecular flexibility index (Phi) is 4.43. The molecule has 0 spiro atoms. The Bertz CT molecular complexity index is 859. The first kappa shape index (κ1) is 17.3. The number of anilines is 1. The molecule has 0 bridgehead atoms. The Hall–Kier alpha value is -3.09. The van der Waals surface area contributed by atoms with Crippen LogP contribution in [0.3, 0.4) is 0 Å². The van der Waals surface area contributed by atoms with Crippen LogP contribution in [-0.4, -0.2) is 34.6 Å². The first-order chi connectivity index (χ1) is 13.1. The van der Waals surface area contributed by atoms with E-state index in [1.807, 2.05) is 49.4 Å². The standard InChI is InChI=1S/C20H22N4O3/c1-13-19(25)24(16-7-4-3-5-8-16)22-18(21-13)20(26)23(15-10-11-15)14(2)17-9-6-12-27-17/h3-9,12-15H,10-11H2,1-2H3,(H,21,22). The first-order valence-electron chi connectivity index (χ1n) is 9.16. The van der Waals surface area contributed by atoms with Crippen LogP contribution in [0.4, 0.5) is 5.69 Å². The summed E-state index contributed by atoms with van der Waals surface area (Å²) in [7, 11) is 0. The fourth-order valence-corrected chi connectivity index (χ4v) is 3.30. The van der Waals surface area contributed by atoms with E-state index in [9.17, 15) is 9.59 Å². The van der Waals surface area contributed by atoms with Gasteiger partial charge in [-0.2, -0.15) is 0 Å². The quantitative estimate of drug-likeness (QED) is 0.882. The third-order valence-electron chi connectivity index (χ3n) is 4.88. The van der Waals surface area contributed by atoms with Crippen molar-refractivity contribution in [1.29, 1.82) is 0 Å². The highest BCUT2D eigenvalue weighted by atomic mass is 16.3. The minimum Gasteiger partial charge on any atom is -0.467 e. The van der Waals surface area contributed by atoms with Crippen LogP contribution in [0.15, 0.2) is 58.1 Å². The number of furan rings is 1. The van der Waals surface area contributed by atoms with Crippen molar-refractivity contribution < 1.29 is 14.0 Å². The average molecular weight is 366 g/mol. The van der Waals surface area contributed by atoms with Crippen molar-refractivity contribution in [3.63, 3.8) is 0 Å². The number of carbonyl (C=O) groups excluding carboxylic acids is 2. The third-order valence-corrected chi connectivity index (χ3v) is 4.88. The fraction of sp³-hybridized carbons (Fsp3) is 0.350. The normalized spacial score (nSPS) is 20.7. The summed E-state index contributed by atoms with van der Waals surface area (Å²) >= 11 is 0. The number of hydrogen-bond acceptors (Lipinski definition) is 5. The summed E-state index contributed by atoms with van der Waals surface area (Å²) in [5.74, 6) is 0.489. The molecule has 4 rings (SSSR count). The molecule has 0 saturated heterocycles. The molecule has 1 aliphatic heterocycles. The molecule has 2 aliphatic rings. The van der Waals surface area contributed by atoms with Crippen molar-refractivity contribution in [2.45, 2.75) is 44.8 Å². The summed E-state index contributed by atoms with van der Waals surface area (Å²) in [6, 6.07) is 12.2. The number of hydrazine groups is 1. The summed E-state index contributed by atoms with van der Waals surface area (Å²) in [4.78, 5) is 32.0. The maximum absolute atomic E-state index is 13.3. The number of rotatable bonds is 5. The molecule has 1 aliphatic carbocycles. The second-order valence-corrected chi connectivity index (χ2v) is 6.91. The number of benzene rings is 1. The Morgan fingerprint density at radius 3 is 2.63 bits per heavy atom. The molecule has 7 nitrogen and oxygen atoms in total. The lowest BCUT2D eigenvalue weighted by molar-refractivity contribution is -0.127. The van der Waals surface area contributed by atoms with Gasteiger partial charge in [0.05, 0.1) is 18.0 Å². The number of hydrogen-bond donors (Lipinski definition) is 1. The van der Waals surface area contributed by atoms with Crippen molar-refractivity contribution in [3.8, 4) is 0 Å². The van der Waals surface area contributed by atoms with Crippen molar-refractivity contribution in [2.75, 3.05) is 5.01 Å². The van der Waals surface area contributed by atoms with Gasteiger partial charge in [-0.05, 0) is 51.0 Å². The van der Waals surface area contributed by atoms with Gasteiger partial charge in [-0.25, -0.2) is 10.0 Å². The lowest BCUT2D eigenvalue weighted by Gasteiger charge is -2.34. The molecular weight excluding hydrogens is 344 g/mol. The molecule has 2 unspecified atom stereocenters. The zero-order valence-corrected chi connectivity index (χ0v) is 15.3. The molecule has 1 N–H and O–H groups in total. The number of amides is 2. The van der Waals surface area contributed by atoms with E-state index < -0.39 is 6.04 Å². The predicted octanol–water partition coefficient (Wildman–Crippen LogP) is 2.67. The van der Waals surface area contributed by atoms with Gasteiger partial charge in [0.2, 0.25) is 5.84 Å². The number of nitrogens with one attached hydrogen (secondary N) is 1. The molecule has 140 valence electrons. The van der Waals surface area contributed by atoms with Crippen molar-refractivity contribution in [3.05, 3.63) is 54.5 Å². The summed E-state index contributed by atoms with van der Waals surface area (Å²) in [6.07, 6.45) is 3.53. The Morgan fingerprint density at radius 1 is 1.26 bits per heavy atom. The van der Waals surface area contributed by atoms with E-state index in [2.05, 4.69) is 10.4 Å². The van der Waals surface area contributed by atoms with Crippen molar-refractivity contribution >= 4 is 23.3 Å². The summed E-state index contributed by atoms with van der Waals surface area (Å²) < 4.78 is 5.50. The van der Waals surface area contributed by atoms with E-state index in [4.69, 9.17) is 4.42 Å². The molecule has 1 saturated carbocycles. The van der Waals surface area contributed by atoms with Crippen LogP contribution >= 0.6 is 0 Å². The molecule has 0 radical (unpaired) electrons. The molecule has 1 fully saturated rings. The molecule has 2 heterocycles. The van der Waals surface area contributed by atoms with Crippen LogP contribution in [0.1, 0.15) is 38.5 Å². The van der Waals surface area contributed by atoms with E-state index in [1.54, 1.807) is 18.1 Å². The number of carbonyl (C=O) groups is 2. The summed E-state index contributed by atoms with van der Waals surface area (Å²) in [5, 5.41) is 1.40. The van der Waals surface area contributed by atoms with Crippen LogP contribution in [0.2, 0.25) is 0 Å². The number of para-hydroxylation sites is 1. The zero-order valence-electron chi connectivity index (χ0n) is 15.3. The number of nitrogens with zero attached hydrogens (tertiary/aromatic N) is 3. The molecule has 2 atom stereocenters. The molecule has 2 aromatic rings. The van der Waals surface area contributed by atoms with Crippen LogP contribution in [0.25, 0.3) is 0 Å². The second-order valence-electron chi connectivity index (χ2n) is 6.91. The van der Waals surface area contributed by atoms with Gasteiger partial charge in [0, 0.05) is 6.04 Å². The lowest BCUT2D eigenvalue weighted by Crippen LogP contribution is -2.58. The van der Waals surface area contributed by atoms with E-state index in [0.29, 0.717) is 5.69 Å². The van der Waals surface area contributed by atoms with Crippen LogP contribution in [0, 0.1) is 0 Å². The smallest absolute Gasteiger partial charge is 0.291 e. The molecule has 1 aromatic carbocycles. The minimum absolute atomic E-state index is 0.167. The SMILES string of the molecule is CC1N=C(C(=O)N(C2CC2)C(C)c2ccco2)NN(c2ccccc2)C1=O. The van der Waals surface area contributed by atoms with Gasteiger partial charge < -0.3 is 9.32 Å². The Labute approximate surface area is 157 Å². The van der Waals surface area contributed by atoms with Gasteiger partial charge in [-0.15, -0.1) is 0 Å². The Morgan fingerprint density at radius 2 is 2.00 bits per heavy atom. The number of amidine groups is 1. The van der Waals surface area contributed by atoms with E-state index in [1.165, 1.54) is 5.01 Å². The highest BCUT2D eigenvalue weighted by molar-refractivity contribution is 6.39. The predicted molar refractivity (Wildman–Crippen MR) is 101 cm³/mol. The van der Waals surface area contributed by atoms with E-state index >= 15 is 0 Å². The molecule has 1 aromatic heterocycles. The summed E-state index contributed by atoms with van der Waals surface area (Å²) in [6.45, 7) is 3.64. The van der Waals surface area contributed by atoms with Gasteiger partial charge >= 0.3 is 0 Å². The van der Waals surface area contributed by atoms with Gasteiger partial charge in [0.1, 0.15) is 11.8 Å². The highest BCUT2D eigenvalue weighted by Crippen LogP contribution is 2.35. The van der Waals surface area contributed by atoms with Gasteiger partial charge in [-0.1, -0.05) is 18.2 Å². The first-order valence-corrected chi connectivity index (χ1v) is 9.16. The maximum Gasteiger partial charge on any atom is 0.291 e. The monoisotopic (exact) mass is 366 g/mol. The fourth-order valence-electron chi connectivity index (χ4n) is 3.30. The lowest BCUT2D eigenvalue weighted by atomic mass is 10.2. The largest absolute Gasteiger partial charge is 0.467 e. The third kappa shape index (κ3) is 3.32. The maximum atomic E-state index is 13.3. The van der Waals surface area contributed by atoms with E-state index in [-0.39, 0.29) is 29.7 Å². The number of aliphatic imine (C=N–C) groups is 1. The van der Waals surface area contributed by atoms with Gasteiger partial charge in [0.25, 0.3) is 11.8 Å². The second kappa shape index (κ2) is 6.90. The topological polar surface area (TPSA) is 78.2 Å². The molecular formula is C20H22N4O3. The van der Waals surface area contributed by atoms with Gasteiger partial charge in [-0.3, -0.25) is 15.0 Å². The Balaban J connectivity index is 1.61. The zero-order chi connectivity index (χ0) is 19.0. The van der Waals surface area contributed by atoms with Crippen LogP contribution < -0.4 is 10.4 Å². The van der Waals surface area contributed by atoms with Crippen LogP contribution in [0.5, 0.6) is 0 Å². The molecule has 7 heteroatoms. The van der Waals surface area contributed by atoms with E-state index in [0.717, 1.165) is 18.6 Å². The molecule has 2 amide bonds. The average Bonchev–Trinajstić information content (AvgIpc) is 3.35. The van der Waals surface area contributed by atoms with Crippen molar-refractivity contribution in [2.24, 2.45) is 4.99 Å². The highest BCUT2D eigenvalue weighted by Gasteiger charge is 2.41. The summed E-state index contributed by atoms with van der Waals surface area (Å²) in [5.41, 5.74) is 3.60. The minimum atomic E-state index is -0.634. The molecule has 27 heavy (non-hydrogen) atoms. The van der Waals surface area contributed by atoms with Crippen LogP contribution in [-0.2, 0) is 9.59 Å². The van der Waals surface area contributed by atoms with Crippen molar-refractivity contribution in [1.82, 2.24) is 10.3 Å².